The molecule has 0 saturated heterocycles. The number of hydrogen-bond donors (Lipinski definition) is 1. The van der Waals surface area contributed by atoms with E-state index in [9.17, 15) is 9.50 Å². The Morgan fingerprint density at radius 1 is 1.47 bits per heavy atom. The smallest absolute Gasteiger partial charge is 0.126 e. The van der Waals surface area contributed by atoms with Crippen molar-refractivity contribution in [3.05, 3.63) is 47.9 Å². The maximum Gasteiger partial charge on any atom is 0.126 e. The lowest BCUT2D eigenvalue weighted by Gasteiger charge is -2.16. The van der Waals surface area contributed by atoms with E-state index >= 15 is 0 Å². The summed E-state index contributed by atoms with van der Waals surface area (Å²) >= 11 is 0. The number of aliphatic hydroxyl groups excluding tert-OH is 1. The van der Waals surface area contributed by atoms with Gasteiger partial charge < -0.3 is 5.11 Å². The SMILES string of the molecule is C=C/C=C(F)\C(C)=C(/CO)C(C)C(=C)C. The Morgan fingerprint density at radius 2 is 2.00 bits per heavy atom. The monoisotopic (exact) mass is 210 g/mol. The molecule has 0 amide bonds. The summed E-state index contributed by atoms with van der Waals surface area (Å²) in [4.78, 5) is 0. The molecule has 1 unspecified atom stereocenters. The van der Waals surface area contributed by atoms with E-state index in [1.807, 2.05) is 13.8 Å². The number of allylic oxidation sites excluding steroid dienone is 5. The molecule has 0 heterocycles. The zero-order valence-electron chi connectivity index (χ0n) is 9.68. The molecule has 0 aromatic rings. The Labute approximate surface area is 91.3 Å². The molecule has 84 valence electrons. The summed E-state index contributed by atoms with van der Waals surface area (Å²) in [5.74, 6) is -0.374. The first-order chi connectivity index (χ1) is 6.95. The number of hydrogen-bond acceptors (Lipinski definition) is 1. The Hall–Kier alpha value is -1.15. The van der Waals surface area contributed by atoms with Crippen LogP contribution < -0.4 is 0 Å². The van der Waals surface area contributed by atoms with Gasteiger partial charge in [0.25, 0.3) is 0 Å². The molecule has 1 N–H and O–H groups in total. The van der Waals surface area contributed by atoms with Crippen LogP contribution in [0.3, 0.4) is 0 Å². The first-order valence-electron chi connectivity index (χ1n) is 4.90. The van der Waals surface area contributed by atoms with Crippen LogP contribution in [0.25, 0.3) is 0 Å². The van der Waals surface area contributed by atoms with Crippen molar-refractivity contribution in [3.63, 3.8) is 0 Å². The number of halogens is 1. The molecule has 0 fully saturated rings. The van der Waals surface area contributed by atoms with Crippen molar-refractivity contribution in [2.75, 3.05) is 6.61 Å². The molecule has 0 bridgehead atoms. The van der Waals surface area contributed by atoms with Gasteiger partial charge in [-0.05, 0) is 31.1 Å². The summed E-state index contributed by atoms with van der Waals surface area (Å²) in [6.45, 7) is 12.5. The van der Waals surface area contributed by atoms with Gasteiger partial charge in [0.2, 0.25) is 0 Å². The van der Waals surface area contributed by atoms with E-state index in [4.69, 9.17) is 0 Å². The minimum absolute atomic E-state index is 0.0148. The average Bonchev–Trinajstić information content (AvgIpc) is 2.18. The summed E-state index contributed by atoms with van der Waals surface area (Å²) in [6.07, 6.45) is 2.68. The highest BCUT2D eigenvalue weighted by molar-refractivity contribution is 5.34. The first-order valence-corrected chi connectivity index (χ1v) is 4.90. The van der Waals surface area contributed by atoms with E-state index in [-0.39, 0.29) is 18.4 Å². The zero-order valence-corrected chi connectivity index (χ0v) is 9.68. The Balaban J connectivity index is 5.23. The second-order valence-corrected chi connectivity index (χ2v) is 3.63. The third-order valence-corrected chi connectivity index (χ3v) is 2.54. The largest absolute Gasteiger partial charge is 0.392 e. The number of rotatable bonds is 5. The van der Waals surface area contributed by atoms with Crippen molar-refractivity contribution >= 4 is 0 Å². The van der Waals surface area contributed by atoms with Gasteiger partial charge in [-0.3, -0.25) is 0 Å². The van der Waals surface area contributed by atoms with E-state index in [2.05, 4.69) is 13.2 Å². The van der Waals surface area contributed by atoms with Crippen LogP contribution in [0, 0.1) is 5.92 Å². The van der Waals surface area contributed by atoms with Crippen molar-refractivity contribution in [1.82, 2.24) is 0 Å². The molecular weight excluding hydrogens is 191 g/mol. The fourth-order valence-corrected chi connectivity index (χ4v) is 1.26. The second kappa shape index (κ2) is 6.36. The van der Waals surface area contributed by atoms with Gasteiger partial charge in [0.05, 0.1) is 6.61 Å². The van der Waals surface area contributed by atoms with Crippen molar-refractivity contribution in [2.45, 2.75) is 20.8 Å². The highest BCUT2D eigenvalue weighted by Gasteiger charge is 2.13. The second-order valence-electron chi connectivity index (χ2n) is 3.63. The molecule has 0 rings (SSSR count). The quantitative estimate of drug-likeness (QED) is 0.543. The fraction of sp³-hybridized carbons (Fsp3) is 0.385. The van der Waals surface area contributed by atoms with Crippen molar-refractivity contribution < 1.29 is 9.50 Å². The topological polar surface area (TPSA) is 20.2 Å². The minimum atomic E-state index is -0.359. The lowest BCUT2D eigenvalue weighted by atomic mass is 9.91. The van der Waals surface area contributed by atoms with Gasteiger partial charge in [-0.15, -0.1) is 0 Å². The van der Waals surface area contributed by atoms with E-state index in [1.165, 1.54) is 12.2 Å². The molecule has 0 radical (unpaired) electrons. The predicted molar refractivity (Wildman–Crippen MR) is 63.2 cm³/mol. The Bertz CT molecular complexity index is 310. The van der Waals surface area contributed by atoms with Crippen LogP contribution in [-0.2, 0) is 0 Å². The molecule has 1 nitrogen and oxygen atoms in total. The third kappa shape index (κ3) is 3.84. The van der Waals surface area contributed by atoms with E-state index in [1.54, 1.807) is 6.92 Å². The predicted octanol–water partition coefficient (Wildman–Crippen LogP) is 3.55. The molecule has 0 aromatic heterocycles. The van der Waals surface area contributed by atoms with E-state index in [0.29, 0.717) is 11.1 Å². The first kappa shape index (κ1) is 13.8. The maximum absolute atomic E-state index is 13.4. The Kier molecular flexibility index (Phi) is 5.87. The van der Waals surface area contributed by atoms with Crippen LogP contribution in [0.1, 0.15) is 20.8 Å². The van der Waals surface area contributed by atoms with Gasteiger partial charge in [0.1, 0.15) is 5.83 Å². The van der Waals surface area contributed by atoms with Gasteiger partial charge in [-0.1, -0.05) is 31.7 Å². The molecular formula is C13H19FO. The average molecular weight is 210 g/mol. The van der Waals surface area contributed by atoms with Crippen molar-refractivity contribution in [2.24, 2.45) is 5.92 Å². The minimum Gasteiger partial charge on any atom is -0.392 e. The van der Waals surface area contributed by atoms with Crippen molar-refractivity contribution in [3.8, 4) is 0 Å². The lowest BCUT2D eigenvalue weighted by Crippen LogP contribution is -2.07. The molecule has 0 aliphatic heterocycles. The van der Waals surface area contributed by atoms with Crippen molar-refractivity contribution in [1.29, 1.82) is 0 Å². The molecule has 0 aliphatic rings. The highest BCUT2D eigenvalue weighted by atomic mass is 19.1. The van der Waals surface area contributed by atoms with Gasteiger partial charge in [-0.25, -0.2) is 4.39 Å². The van der Waals surface area contributed by atoms with Crippen LogP contribution >= 0.6 is 0 Å². The van der Waals surface area contributed by atoms with E-state index in [0.717, 1.165) is 5.57 Å². The van der Waals surface area contributed by atoms with Crippen LogP contribution in [0.4, 0.5) is 4.39 Å². The molecule has 0 aromatic carbocycles. The van der Waals surface area contributed by atoms with Gasteiger partial charge >= 0.3 is 0 Å². The standard InChI is InChI=1S/C13H19FO/c1-6-7-13(14)11(5)12(8-15)10(4)9(2)3/h6-7,10,15H,1-2,8H2,3-5H3/b12-11+,13-7+. The summed E-state index contributed by atoms with van der Waals surface area (Å²) in [6, 6.07) is 0. The Morgan fingerprint density at radius 3 is 2.33 bits per heavy atom. The van der Waals surface area contributed by atoms with Crippen LogP contribution in [0.15, 0.2) is 47.9 Å². The normalized spacial score (nSPS) is 15.7. The van der Waals surface area contributed by atoms with Gasteiger partial charge in [0, 0.05) is 5.92 Å². The summed E-state index contributed by atoms with van der Waals surface area (Å²) in [5, 5.41) is 9.21. The lowest BCUT2D eigenvalue weighted by molar-refractivity contribution is 0.318. The van der Waals surface area contributed by atoms with Crippen LogP contribution in [0.5, 0.6) is 0 Å². The molecule has 2 heteroatoms. The fourth-order valence-electron chi connectivity index (χ4n) is 1.26. The molecule has 1 atom stereocenters. The molecule has 0 aliphatic carbocycles. The molecule has 0 spiro atoms. The van der Waals surface area contributed by atoms with Crippen LogP contribution in [0.2, 0.25) is 0 Å². The zero-order chi connectivity index (χ0) is 12.0. The summed E-state index contributed by atoms with van der Waals surface area (Å²) in [7, 11) is 0. The highest BCUT2D eigenvalue weighted by Crippen LogP contribution is 2.25. The third-order valence-electron chi connectivity index (χ3n) is 2.54. The van der Waals surface area contributed by atoms with Gasteiger partial charge in [-0.2, -0.15) is 0 Å². The van der Waals surface area contributed by atoms with E-state index < -0.39 is 0 Å². The summed E-state index contributed by atoms with van der Waals surface area (Å²) in [5.41, 5.74) is 2.04. The summed E-state index contributed by atoms with van der Waals surface area (Å²) < 4.78 is 13.4. The van der Waals surface area contributed by atoms with Gasteiger partial charge in [0.15, 0.2) is 0 Å². The van der Waals surface area contributed by atoms with Crippen LogP contribution in [-0.4, -0.2) is 11.7 Å². The maximum atomic E-state index is 13.4. The molecule has 0 saturated carbocycles. The number of aliphatic hydroxyl groups is 1. The molecule has 15 heavy (non-hydrogen) atoms.